The van der Waals surface area contributed by atoms with Gasteiger partial charge in [0.15, 0.2) is 23.0 Å². The molecule has 0 aromatic rings. The van der Waals surface area contributed by atoms with Gasteiger partial charge in [0, 0.05) is 80.3 Å². The van der Waals surface area contributed by atoms with Gasteiger partial charge in [0.25, 0.3) is 23.6 Å². The van der Waals surface area contributed by atoms with Crippen LogP contribution in [0.1, 0.15) is 183 Å². The van der Waals surface area contributed by atoms with Gasteiger partial charge < -0.3 is 106 Å². The zero-order valence-electron chi connectivity index (χ0n) is 66.3. The summed E-state index contributed by atoms with van der Waals surface area (Å²) in [6, 6.07) is -1.15. The minimum atomic E-state index is -1.22. The van der Waals surface area contributed by atoms with E-state index in [1.54, 1.807) is 18.7 Å². The molecule has 12 aliphatic rings. The SMILES string of the molecule is C.C.CSC1=N[C@H]2CCCC[C@H]2N1.C[C@@H](CN)C(=O)O.C[C@@H](CNC(=O)CN1C(=O)N[C@@H](CCCN=C2N[C@H]3CCCC[C@H]3N2)C1=O)C(=O)O.C[C@@H](CNC(=O)CN1C(=O)N[C@@H](CCCN=C2N[C@H]3CCCC[C@H]3N2)C1=O)C(=O)[OH2+].NCC[C@@H]1NC(=O)N(CC(=O)O)C1=O.O=C(O)CN1C(=O)N[C@@H](CCCN=C2N[C@H]3CCCC[C@H]3N2)C1=O. The largest absolute Gasteiger partial charge is 0.564 e. The highest BCUT2D eigenvalue weighted by Crippen LogP contribution is 2.28. The third-order valence-electron chi connectivity index (χ3n) is 21.4. The molecule has 4 saturated carbocycles. The van der Waals surface area contributed by atoms with Gasteiger partial charge in [-0.05, 0) is 116 Å². The Morgan fingerprint density at radius 3 is 1.01 bits per heavy atom. The standard InChI is InChI=1S/2C19H30N6O5.C15H23N5O4.C8H14N2S.C7H11N3O4.C4H9NO2.2CH4/c2*1-11(17(28)29)9-21-15(26)10-25-16(27)14(24-19(25)30)7-4-8-20-18-22-12-5-2-3-6-13(12)23-18;21-12(22)8-20-13(23)11(19-15(20)24)6-3-7-16-14-17-9-4-1-2-5-10(9)18-14;1-11-8-9-6-4-2-3-5-7(6)10-8;8-2-1-4-6(13)10(3-5(11)12)7(14)9-4;1-3(2-5)4(6)7;;/h2*11-14H,2-10H2,1H3,(H,21,26)(H,24,30)(H,28,29)(H2,20,22,23);9-11H,1-8H2,(H,19,24)(H,21,22)(H2,16,17,18);6-7H,2-5H2,1H3,(H,9,10);4H,1-3,8H2,(H,9,14)(H,11,12);3H,2,5H2,1H3,(H,6,7);2*1H4/p+1/t2*11-,12-,13+,14-;9-,10+,11-;6-,7+;4-;3-;;/m000.00../s1. The number of aliphatic imine (C=N–C) groups is 4. The summed E-state index contributed by atoms with van der Waals surface area (Å²) in [5.41, 5.74) is 10.2. The molecule has 0 bridgehead atoms. The number of nitrogens with zero attached hydrogens (tertiary/aromatic N) is 8. The number of thioether (sulfide) groups is 1. The van der Waals surface area contributed by atoms with Crippen molar-refractivity contribution in [2.24, 2.45) is 49.2 Å². The zero-order valence-corrected chi connectivity index (χ0v) is 67.1. The number of carboxylic acids is 4. The molecule has 15 atom stereocenters. The van der Waals surface area contributed by atoms with Crippen LogP contribution in [0.25, 0.3) is 0 Å². The molecule has 0 spiro atoms. The van der Waals surface area contributed by atoms with Crippen molar-refractivity contribution in [1.82, 2.24) is 88.7 Å². The van der Waals surface area contributed by atoms with Crippen LogP contribution in [0.5, 0.6) is 0 Å². The van der Waals surface area contributed by atoms with Crippen molar-refractivity contribution < 1.29 is 97.5 Å². The van der Waals surface area contributed by atoms with E-state index in [0.717, 1.165) is 63.4 Å². The van der Waals surface area contributed by atoms with E-state index in [9.17, 15) is 71.9 Å². The molecular formula is C74H126N23O20S+. The number of imide groups is 4. The predicted octanol–water partition coefficient (Wildman–Crippen LogP) is -1.54. The number of urea groups is 4. The Bertz CT molecular complexity index is 3460. The number of amidine groups is 1. The fraction of sp³-hybridized carbons (Fsp3) is 0.743. The molecule has 4 aliphatic carbocycles. The van der Waals surface area contributed by atoms with Crippen LogP contribution >= 0.6 is 11.8 Å². The molecule has 11 fully saturated rings. The van der Waals surface area contributed by atoms with E-state index in [1.807, 2.05) is 0 Å². The fourth-order valence-electron chi connectivity index (χ4n) is 14.6. The summed E-state index contributed by atoms with van der Waals surface area (Å²) < 4.78 is 0. The van der Waals surface area contributed by atoms with Gasteiger partial charge in [-0.25, -0.2) is 19.2 Å². The summed E-state index contributed by atoms with van der Waals surface area (Å²) in [6.07, 6.45) is 25.4. The normalized spacial score (nSPS) is 27.1. The number of rotatable bonds is 30. The summed E-state index contributed by atoms with van der Waals surface area (Å²) in [6.45, 7) is 4.55. The van der Waals surface area contributed by atoms with E-state index < -0.39 is 158 Å². The molecule has 12 rings (SSSR count). The van der Waals surface area contributed by atoms with Gasteiger partial charge in [-0.2, -0.15) is 0 Å². The number of fused-ring (bicyclic) bond motifs is 4. The summed E-state index contributed by atoms with van der Waals surface area (Å²) in [5, 5.41) is 81.0. The van der Waals surface area contributed by atoms with E-state index in [0.29, 0.717) is 118 Å². The van der Waals surface area contributed by atoms with Crippen LogP contribution in [-0.2, 0) is 52.7 Å². The Morgan fingerprint density at radius 1 is 0.441 bits per heavy atom. The van der Waals surface area contributed by atoms with Crippen molar-refractivity contribution in [3.63, 3.8) is 0 Å². The number of nitrogens with one attached hydrogen (secondary N) is 13. The number of nitrogens with two attached hydrogens (primary N) is 2. The second-order valence-corrected chi connectivity index (χ2v) is 31.2. The molecule has 14 amide bonds. The summed E-state index contributed by atoms with van der Waals surface area (Å²) in [5.74, 6) is -7.42. The molecule has 0 aromatic carbocycles. The first-order chi connectivity index (χ1) is 55.4. The fourth-order valence-corrected chi connectivity index (χ4v) is 15.1. The van der Waals surface area contributed by atoms with Crippen LogP contribution in [-0.4, -0.2) is 308 Å². The Labute approximate surface area is 690 Å². The average Bonchev–Trinajstić information content (AvgIpc) is 1.69. The lowest BCUT2D eigenvalue weighted by Crippen LogP contribution is -2.42. The topological polar surface area (TPSA) is 631 Å². The molecule has 0 unspecified atom stereocenters. The van der Waals surface area contributed by atoms with E-state index in [1.165, 1.54) is 90.9 Å². The van der Waals surface area contributed by atoms with Gasteiger partial charge in [0.2, 0.25) is 11.8 Å². The number of amides is 14. The summed E-state index contributed by atoms with van der Waals surface area (Å²) >= 11 is 1.74. The number of carbonyl (C=O) groups excluding carboxylic acids is 11. The maximum absolute atomic E-state index is 12.4. The molecule has 662 valence electrons. The Hall–Kier alpha value is -10.4. The number of hydrogen-bond donors (Lipinski definition) is 19. The van der Waals surface area contributed by atoms with Crippen molar-refractivity contribution in [2.45, 2.75) is 256 Å². The molecule has 8 heterocycles. The second kappa shape index (κ2) is 49.1. The van der Waals surface area contributed by atoms with Gasteiger partial charge in [0.05, 0.1) is 23.9 Å². The van der Waals surface area contributed by atoms with E-state index in [-0.39, 0.29) is 41.0 Å². The Morgan fingerprint density at radius 2 is 0.737 bits per heavy atom. The first-order valence-electron chi connectivity index (χ1n) is 40.0. The molecule has 8 aliphatic heterocycles. The average molecular weight is 1690 g/mol. The van der Waals surface area contributed by atoms with Crippen molar-refractivity contribution >= 4 is 124 Å². The molecular weight excluding hydrogens is 1560 g/mol. The molecule has 44 heteroatoms. The lowest BCUT2D eigenvalue weighted by molar-refractivity contribution is -0.142. The molecule has 0 aromatic heterocycles. The minimum Gasteiger partial charge on any atom is -0.564 e. The van der Waals surface area contributed by atoms with E-state index in [4.69, 9.17) is 37.0 Å². The van der Waals surface area contributed by atoms with Crippen LogP contribution in [0.3, 0.4) is 0 Å². The third-order valence-corrected chi connectivity index (χ3v) is 22.0. The number of hydrogen-bond acceptors (Lipinski definition) is 23. The molecule has 0 radical (unpaired) electrons. The van der Waals surface area contributed by atoms with Crippen molar-refractivity contribution in [3.05, 3.63) is 0 Å². The van der Waals surface area contributed by atoms with Gasteiger partial charge in [0.1, 0.15) is 56.3 Å². The van der Waals surface area contributed by atoms with E-state index in [2.05, 4.69) is 95.3 Å². The van der Waals surface area contributed by atoms with E-state index >= 15 is 0 Å². The maximum atomic E-state index is 12.4. The van der Waals surface area contributed by atoms with Crippen LogP contribution in [0.2, 0.25) is 0 Å². The number of carboxylic acid groups (broad SMARTS) is 4. The van der Waals surface area contributed by atoms with Gasteiger partial charge in [-0.1, -0.05) is 91.8 Å². The minimum absolute atomic E-state index is 0. The van der Waals surface area contributed by atoms with Crippen LogP contribution in [0, 0.1) is 17.8 Å². The monoisotopic (exact) mass is 1690 g/mol. The van der Waals surface area contributed by atoms with Gasteiger partial charge in [-0.15, -0.1) is 0 Å². The highest BCUT2D eigenvalue weighted by Gasteiger charge is 2.44. The highest BCUT2D eigenvalue weighted by molar-refractivity contribution is 8.13. The first kappa shape index (κ1) is 98.2. The molecule has 43 nitrogen and oxygen atoms in total. The second-order valence-electron chi connectivity index (χ2n) is 30.4. The third kappa shape index (κ3) is 30.2. The highest BCUT2D eigenvalue weighted by atomic mass is 32.2. The van der Waals surface area contributed by atoms with Crippen LogP contribution < -0.4 is 80.6 Å². The van der Waals surface area contributed by atoms with Crippen LogP contribution in [0.15, 0.2) is 20.0 Å². The first-order valence-corrected chi connectivity index (χ1v) is 41.3. The summed E-state index contributed by atoms with van der Waals surface area (Å²) in [4.78, 5) is 193. The van der Waals surface area contributed by atoms with Crippen molar-refractivity contribution in [3.8, 4) is 0 Å². The Kier molecular flexibility index (Phi) is 40.8. The van der Waals surface area contributed by atoms with Gasteiger partial charge >= 0.3 is 54.0 Å². The lowest BCUT2D eigenvalue weighted by Gasteiger charge is -2.23. The zero-order chi connectivity index (χ0) is 84.7. The Balaban J connectivity index is 0.000000265. The van der Waals surface area contributed by atoms with Gasteiger partial charge in [-0.3, -0.25) is 87.5 Å². The number of guanidine groups is 3. The molecule has 23 N–H and O–H groups in total. The molecule has 7 saturated heterocycles. The lowest BCUT2D eigenvalue weighted by atomic mass is 9.92. The summed E-state index contributed by atoms with van der Waals surface area (Å²) in [7, 11) is 0. The maximum Gasteiger partial charge on any atom is 0.520 e. The van der Waals surface area contributed by atoms with Crippen LogP contribution in [0.4, 0.5) is 19.2 Å². The number of aliphatic carboxylic acids is 4. The van der Waals surface area contributed by atoms with Crippen molar-refractivity contribution in [2.75, 3.05) is 78.2 Å². The molecule has 118 heavy (non-hydrogen) atoms. The number of carbonyl (C=O) groups is 15. The quantitative estimate of drug-likeness (QED) is 0.0220. The predicted molar refractivity (Wildman–Crippen MR) is 437 cm³/mol. The smallest absolute Gasteiger partial charge is 0.520 e. The van der Waals surface area contributed by atoms with Crippen molar-refractivity contribution in [1.29, 1.82) is 0 Å².